The van der Waals surface area contributed by atoms with Gasteiger partial charge in [0.05, 0.1) is 6.04 Å². The molecule has 1 rings (SSSR count). The van der Waals surface area contributed by atoms with Crippen molar-refractivity contribution >= 4 is 11.6 Å². The fraction of sp³-hybridized carbons (Fsp3) is 0.429. The summed E-state index contributed by atoms with van der Waals surface area (Å²) in [5, 5.41) is 4.13. The molecule has 0 saturated heterocycles. The molecule has 0 aliphatic rings. The van der Waals surface area contributed by atoms with Crippen LogP contribution < -0.4 is 5.32 Å². The smallest absolute Gasteiger partial charge is 0.0689 e. The van der Waals surface area contributed by atoms with Gasteiger partial charge in [0.25, 0.3) is 0 Å². The average molecular weight is 236 g/mol. The Hall–Kier alpha value is -0.970. The minimum Gasteiger partial charge on any atom is -0.300 e. The molecule has 0 bridgehead atoms. The molecule has 1 N–H and O–H groups in total. The summed E-state index contributed by atoms with van der Waals surface area (Å²) in [5.41, 5.74) is 2.28. The summed E-state index contributed by atoms with van der Waals surface area (Å²) in [6, 6.07) is 6.23. The topological polar surface area (TPSA) is 12.0 Å². The number of nitrogens with one attached hydrogen (secondary N) is 1. The molecule has 0 aromatic heterocycles. The van der Waals surface area contributed by atoms with Crippen LogP contribution >= 0.6 is 11.6 Å². The van der Waals surface area contributed by atoms with Crippen molar-refractivity contribution in [1.29, 1.82) is 0 Å². The highest BCUT2D eigenvalue weighted by molar-refractivity contribution is 6.31. The van der Waals surface area contributed by atoms with Crippen molar-refractivity contribution < 1.29 is 0 Å². The first kappa shape index (κ1) is 13.1. The quantitative estimate of drug-likeness (QED) is 0.770. The molecule has 0 spiro atoms. The van der Waals surface area contributed by atoms with E-state index < -0.39 is 0 Å². The Morgan fingerprint density at radius 1 is 1.50 bits per heavy atom. The van der Waals surface area contributed by atoms with E-state index in [-0.39, 0.29) is 6.04 Å². The Kier molecular flexibility index (Phi) is 5.38. The van der Waals surface area contributed by atoms with Crippen molar-refractivity contribution in [2.75, 3.05) is 0 Å². The van der Waals surface area contributed by atoms with Crippen molar-refractivity contribution in [3.05, 3.63) is 34.3 Å². The van der Waals surface area contributed by atoms with E-state index in [0.717, 1.165) is 30.0 Å². The Bertz CT molecular complexity index is 379. The highest BCUT2D eigenvalue weighted by Crippen LogP contribution is 2.17. The number of aryl methyl sites for hydroxylation is 1. The molecule has 1 atom stereocenters. The number of rotatable bonds is 5. The summed E-state index contributed by atoms with van der Waals surface area (Å²) in [4.78, 5) is 0. The zero-order valence-electron chi connectivity index (χ0n) is 9.89. The molecule has 2 heteroatoms. The number of hydrogen-bond donors (Lipinski definition) is 1. The lowest BCUT2D eigenvalue weighted by molar-refractivity contribution is 0.563. The molecule has 1 aromatic rings. The van der Waals surface area contributed by atoms with Crippen molar-refractivity contribution in [2.24, 2.45) is 0 Å². The molecule has 0 aliphatic heterocycles. The van der Waals surface area contributed by atoms with Gasteiger partial charge < -0.3 is 0 Å². The molecule has 16 heavy (non-hydrogen) atoms. The zero-order chi connectivity index (χ0) is 12.0. The summed E-state index contributed by atoms with van der Waals surface area (Å²) < 4.78 is 0. The van der Waals surface area contributed by atoms with Gasteiger partial charge in [-0.25, -0.2) is 0 Å². The minimum absolute atomic E-state index is 0.141. The number of benzene rings is 1. The third-order valence-corrected chi connectivity index (χ3v) is 2.88. The highest BCUT2D eigenvalue weighted by Gasteiger charge is 2.05. The van der Waals surface area contributed by atoms with Crippen molar-refractivity contribution in [1.82, 2.24) is 5.32 Å². The second-order valence-corrected chi connectivity index (χ2v) is 4.39. The van der Waals surface area contributed by atoms with Gasteiger partial charge in [-0.05, 0) is 30.5 Å². The molecular formula is C14H18ClN. The van der Waals surface area contributed by atoms with Gasteiger partial charge in [-0.3, -0.25) is 5.32 Å². The molecule has 0 radical (unpaired) electrons. The third kappa shape index (κ3) is 3.89. The van der Waals surface area contributed by atoms with Gasteiger partial charge in [0.1, 0.15) is 0 Å². The van der Waals surface area contributed by atoms with E-state index in [1.807, 2.05) is 19.1 Å². The van der Waals surface area contributed by atoms with E-state index >= 15 is 0 Å². The van der Waals surface area contributed by atoms with Crippen LogP contribution in [0.5, 0.6) is 0 Å². The molecule has 0 heterocycles. The lowest BCUT2D eigenvalue weighted by Crippen LogP contribution is -2.26. The third-order valence-electron chi connectivity index (χ3n) is 2.53. The van der Waals surface area contributed by atoms with Gasteiger partial charge in [0.2, 0.25) is 0 Å². The fourth-order valence-corrected chi connectivity index (χ4v) is 1.86. The standard InChI is InChI=1S/C14H18ClN/c1-4-6-13(5-2)16-10-12-8-7-11(3)9-14(12)15/h2,7-9,13,16H,4,6,10H2,1,3H3. The molecule has 1 nitrogen and oxygen atoms in total. The summed E-state index contributed by atoms with van der Waals surface area (Å²) in [7, 11) is 0. The Balaban J connectivity index is 2.57. The molecular weight excluding hydrogens is 218 g/mol. The highest BCUT2D eigenvalue weighted by atomic mass is 35.5. The number of halogens is 1. The van der Waals surface area contributed by atoms with Crippen molar-refractivity contribution in [2.45, 2.75) is 39.3 Å². The van der Waals surface area contributed by atoms with Crippen molar-refractivity contribution in [3.63, 3.8) is 0 Å². The maximum atomic E-state index is 6.14. The first-order chi connectivity index (χ1) is 7.67. The maximum absolute atomic E-state index is 6.14. The van der Waals surface area contributed by atoms with Crippen LogP contribution in [-0.2, 0) is 6.54 Å². The van der Waals surface area contributed by atoms with E-state index in [0.29, 0.717) is 0 Å². The molecule has 0 fully saturated rings. The Morgan fingerprint density at radius 3 is 2.81 bits per heavy atom. The van der Waals surface area contributed by atoms with E-state index in [2.05, 4.69) is 24.2 Å². The Labute approximate surface area is 103 Å². The first-order valence-corrected chi connectivity index (χ1v) is 5.99. The second kappa shape index (κ2) is 6.58. The molecule has 1 aromatic carbocycles. The van der Waals surface area contributed by atoms with Gasteiger partial charge in [0.15, 0.2) is 0 Å². The lowest BCUT2D eigenvalue weighted by Gasteiger charge is -2.13. The van der Waals surface area contributed by atoms with E-state index in [4.69, 9.17) is 18.0 Å². The predicted octanol–water partition coefficient (Wildman–Crippen LogP) is 3.54. The summed E-state index contributed by atoms with van der Waals surface area (Å²) in [6.07, 6.45) is 7.53. The van der Waals surface area contributed by atoms with Crippen LogP contribution in [0, 0.1) is 19.3 Å². The molecule has 0 amide bonds. The fourth-order valence-electron chi connectivity index (χ4n) is 1.56. The van der Waals surface area contributed by atoms with Crippen LogP contribution in [0.4, 0.5) is 0 Å². The van der Waals surface area contributed by atoms with E-state index in [1.54, 1.807) is 0 Å². The zero-order valence-corrected chi connectivity index (χ0v) is 10.6. The van der Waals surface area contributed by atoms with E-state index in [9.17, 15) is 0 Å². The normalized spacial score (nSPS) is 12.1. The average Bonchev–Trinajstić information content (AvgIpc) is 2.26. The summed E-state index contributed by atoms with van der Waals surface area (Å²) in [6.45, 7) is 4.89. The van der Waals surface area contributed by atoms with Gasteiger partial charge >= 0.3 is 0 Å². The molecule has 0 saturated carbocycles. The predicted molar refractivity (Wildman–Crippen MR) is 70.6 cm³/mol. The van der Waals surface area contributed by atoms with Crippen LogP contribution in [0.2, 0.25) is 5.02 Å². The van der Waals surface area contributed by atoms with Crippen LogP contribution in [0.3, 0.4) is 0 Å². The van der Waals surface area contributed by atoms with Gasteiger partial charge in [-0.15, -0.1) is 6.42 Å². The van der Waals surface area contributed by atoms with Gasteiger partial charge in [0, 0.05) is 11.6 Å². The molecule has 1 unspecified atom stereocenters. The van der Waals surface area contributed by atoms with Crippen LogP contribution in [0.15, 0.2) is 18.2 Å². The number of terminal acetylenes is 1. The van der Waals surface area contributed by atoms with Crippen LogP contribution in [0.1, 0.15) is 30.9 Å². The van der Waals surface area contributed by atoms with Gasteiger partial charge in [-0.2, -0.15) is 0 Å². The van der Waals surface area contributed by atoms with Crippen LogP contribution in [0.25, 0.3) is 0 Å². The summed E-state index contributed by atoms with van der Waals surface area (Å²) >= 11 is 6.14. The second-order valence-electron chi connectivity index (χ2n) is 3.98. The van der Waals surface area contributed by atoms with Gasteiger partial charge in [-0.1, -0.05) is 43.0 Å². The SMILES string of the molecule is C#CC(CCC)NCc1ccc(C)cc1Cl. The largest absolute Gasteiger partial charge is 0.300 e. The first-order valence-electron chi connectivity index (χ1n) is 5.62. The van der Waals surface area contributed by atoms with Crippen molar-refractivity contribution in [3.8, 4) is 12.3 Å². The Morgan fingerprint density at radius 2 is 2.25 bits per heavy atom. The maximum Gasteiger partial charge on any atom is 0.0689 e. The molecule has 86 valence electrons. The lowest BCUT2D eigenvalue weighted by atomic mass is 10.1. The number of hydrogen-bond acceptors (Lipinski definition) is 1. The summed E-state index contributed by atoms with van der Waals surface area (Å²) in [5.74, 6) is 2.75. The van der Waals surface area contributed by atoms with Crippen LogP contribution in [-0.4, -0.2) is 6.04 Å². The minimum atomic E-state index is 0.141. The van der Waals surface area contributed by atoms with E-state index in [1.165, 1.54) is 5.56 Å². The monoisotopic (exact) mass is 235 g/mol. The molecule has 0 aliphatic carbocycles.